The van der Waals surface area contributed by atoms with E-state index in [2.05, 4.69) is 40.7 Å². The Labute approximate surface area is 164 Å². The van der Waals surface area contributed by atoms with E-state index in [1.807, 2.05) is 6.07 Å². The average Bonchev–Trinajstić information content (AvgIpc) is 2.78. The molecule has 4 rings (SSSR count). The molecule has 0 fully saturated rings. The summed E-state index contributed by atoms with van der Waals surface area (Å²) in [7, 11) is 0. The lowest BCUT2D eigenvalue weighted by Gasteiger charge is -2.24. The minimum absolute atomic E-state index is 0.475. The van der Waals surface area contributed by atoms with Crippen LogP contribution in [0.4, 0.5) is 5.69 Å². The molecule has 2 aliphatic heterocycles. The maximum absolute atomic E-state index is 11.8. The molecule has 0 saturated heterocycles. The number of para-hydroxylation sites is 1. The van der Waals surface area contributed by atoms with Crippen molar-refractivity contribution in [3.63, 3.8) is 0 Å². The van der Waals surface area contributed by atoms with Crippen molar-refractivity contribution in [2.24, 2.45) is 0 Å². The van der Waals surface area contributed by atoms with Crippen LogP contribution in [0, 0.1) is 6.92 Å². The third-order valence-electron chi connectivity index (χ3n) is 5.52. The molecule has 2 aromatic rings. The lowest BCUT2D eigenvalue weighted by atomic mass is 10.0. The normalized spacial score (nSPS) is 23.2. The molecule has 0 amide bonds. The zero-order chi connectivity index (χ0) is 18.3. The second-order valence-corrected chi connectivity index (χ2v) is 8.01. The number of hydrogen-bond donors (Lipinski definition) is 1. The van der Waals surface area contributed by atoms with Crippen LogP contribution in [0.3, 0.4) is 0 Å². The number of β-amino-alcohol motifs (C(OH)–C–C–N with tert-alkyl or cyclic N) is 1. The van der Waals surface area contributed by atoms with Gasteiger partial charge in [-0.1, -0.05) is 47.5 Å². The zero-order valence-corrected chi connectivity index (χ0v) is 16.4. The number of amidine groups is 1. The topological polar surface area (TPSA) is 26.5 Å². The SMILES string of the molecule is Cc1ccccc1N1CC(O)(c2ccc(Cl)c(Cl)c2)[N+]2=C1CCCCC2. The van der Waals surface area contributed by atoms with Gasteiger partial charge >= 0.3 is 0 Å². The highest BCUT2D eigenvalue weighted by Crippen LogP contribution is 2.38. The molecule has 0 aliphatic carbocycles. The number of nitrogens with zero attached hydrogens (tertiary/aromatic N) is 2. The Kier molecular flexibility index (Phi) is 4.72. The van der Waals surface area contributed by atoms with Crippen molar-refractivity contribution in [2.75, 3.05) is 18.0 Å². The molecule has 0 saturated carbocycles. The monoisotopic (exact) mass is 389 g/mol. The summed E-state index contributed by atoms with van der Waals surface area (Å²) in [5, 5.41) is 12.8. The lowest BCUT2D eigenvalue weighted by molar-refractivity contribution is -0.658. The van der Waals surface area contributed by atoms with Gasteiger partial charge in [0.15, 0.2) is 6.54 Å². The van der Waals surface area contributed by atoms with Gasteiger partial charge in [0.1, 0.15) is 5.69 Å². The Bertz CT molecular complexity index is 880. The van der Waals surface area contributed by atoms with Gasteiger partial charge in [-0.25, -0.2) is 9.48 Å². The number of aryl methyl sites for hydroxylation is 1. The molecule has 2 aromatic carbocycles. The highest BCUT2D eigenvalue weighted by atomic mass is 35.5. The number of hydrogen-bond acceptors (Lipinski definition) is 2. The fraction of sp³-hybridized carbons (Fsp3) is 0.381. The van der Waals surface area contributed by atoms with Gasteiger partial charge in [-0.05, 0) is 49.9 Å². The first kappa shape index (κ1) is 17.8. The second-order valence-electron chi connectivity index (χ2n) is 7.20. The van der Waals surface area contributed by atoms with Crippen LogP contribution in [-0.4, -0.2) is 28.6 Å². The van der Waals surface area contributed by atoms with Crippen LogP contribution < -0.4 is 4.90 Å². The van der Waals surface area contributed by atoms with E-state index in [-0.39, 0.29) is 0 Å². The van der Waals surface area contributed by atoms with Crippen LogP contribution >= 0.6 is 23.2 Å². The van der Waals surface area contributed by atoms with E-state index in [0.29, 0.717) is 16.6 Å². The van der Waals surface area contributed by atoms with E-state index >= 15 is 0 Å². The van der Waals surface area contributed by atoms with Gasteiger partial charge in [0.2, 0.25) is 0 Å². The Balaban J connectivity index is 1.84. The minimum atomic E-state index is -1.10. The third kappa shape index (κ3) is 2.92. The van der Waals surface area contributed by atoms with Crippen LogP contribution in [0.25, 0.3) is 0 Å². The Morgan fingerprint density at radius 3 is 2.62 bits per heavy atom. The van der Waals surface area contributed by atoms with Crippen LogP contribution in [0.2, 0.25) is 10.0 Å². The predicted octanol–water partition coefficient (Wildman–Crippen LogP) is 4.95. The molecular formula is C21H23Cl2N2O+. The zero-order valence-electron chi connectivity index (χ0n) is 14.9. The quantitative estimate of drug-likeness (QED) is 0.735. The van der Waals surface area contributed by atoms with E-state index in [4.69, 9.17) is 23.2 Å². The molecule has 0 spiro atoms. The van der Waals surface area contributed by atoms with Gasteiger partial charge in [0.25, 0.3) is 11.6 Å². The molecule has 5 heteroatoms. The first-order chi connectivity index (χ1) is 12.5. The van der Waals surface area contributed by atoms with Crippen molar-refractivity contribution < 1.29 is 9.68 Å². The molecule has 0 aromatic heterocycles. The van der Waals surface area contributed by atoms with Crippen molar-refractivity contribution >= 4 is 34.7 Å². The molecule has 26 heavy (non-hydrogen) atoms. The number of aliphatic hydroxyl groups is 1. The summed E-state index contributed by atoms with van der Waals surface area (Å²) < 4.78 is 2.17. The Morgan fingerprint density at radius 1 is 1.04 bits per heavy atom. The van der Waals surface area contributed by atoms with Gasteiger partial charge in [-0.3, -0.25) is 0 Å². The molecular weight excluding hydrogens is 367 g/mol. The summed E-state index contributed by atoms with van der Waals surface area (Å²) in [5.74, 6) is 1.20. The minimum Gasteiger partial charge on any atom is -0.346 e. The van der Waals surface area contributed by atoms with E-state index in [1.54, 1.807) is 12.1 Å². The smallest absolute Gasteiger partial charge is 0.271 e. The van der Waals surface area contributed by atoms with Gasteiger partial charge in [-0.15, -0.1) is 0 Å². The van der Waals surface area contributed by atoms with Crippen molar-refractivity contribution in [1.29, 1.82) is 0 Å². The third-order valence-corrected chi connectivity index (χ3v) is 6.26. The maximum atomic E-state index is 11.8. The van der Waals surface area contributed by atoms with Crippen LogP contribution in [0.15, 0.2) is 42.5 Å². The largest absolute Gasteiger partial charge is 0.346 e. The summed E-state index contributed by atoms with van der Waals surface area (Å²) in [4.78, 5) is 2.28. The second kappa shape index (κ2) is 6.88. The Morgan fingerprint density at radius 2 is 1.85 bits per heavy atom. The summed E-state index contributed by atoms with van der Waals surface area (Å²) in [5.41, 5.74) is 2.06. The van der Waals surface area contributed by atoms with E-state index in [1.165, 1.54) is 17.8 Å². The van der Waals surface area contributed by atoms with E-state index < -0.39 is 5.72 Å². The van der Waals surface area contributed by atoms with Gasteiger partial charge in [-0.2, -0.15) is 0 Å². The van der Waals surface area contributed by atoms with Crippen molar-refractivity contribution in [1.82, 2.24) is 0 Å². The standard InChI is InChI=1S/C21H23Cl2N2O/c1-15-7-4-5-8-19(15)24-14-21(26,16-10-11-17(22)18(23)13-16)25-12-6-2-3-9-20(24)25/h4-5,7-8,10-11,13,26H,2-3,6,9,12,14H2,1H3/q+1. The number of anilines is 1. The molecule has 3 nitrogen and oxygen atoms in total. The molecule has 1 unspecified atom stereocenters. The molecule has 0 radical (unpaired) electrons. The Hall–Kier alpha value is -1.55. The highest BCUT2D eigenvalue weighted by Gasteiger charge is 2.52. The summed E-state index contributed by atoms with van der Waals surface area (Å²) >= 11 is 12.4. The van der Waals surface area contributed by atoms with Gasteiger partial charge in [0, 0.05) is 12.0 Å². The lowest BCUT2D eigenvalue weighted by Crippen LogP contribution is -2.41. The predicted molar refractivity (Wildman–Crippen MR) is 107 cm³/mol. The first-order valence-electron chi connectivity index (χ1n) is 9.15. The van der Waals surface area contributed by atoms with Gasteiger partial charge in [0.05, 0.1) is 16.6 Å². The van der Waals surface area contributed by atoms with Crippen LogP contribution in [0.5, 0.6) is 0 Å². The molecule has 0 bridgehead atoms. The van der Waals surface area contributed by atoms with Crippen LogP contribution in [-0.2, 0) is 5.72 Å². The summed E-state index contributed by atoms with van der Waals surface area (Å²) in [6.07, 6.45) is 4.37. The first-order valence-corrected chi connectivity index (χ1v) is 9.91. The highest BCUT2D eigenvalue weighted by molar-refractivity contribution is 6.42. The molecule has 136 valence electrons. The maximum Gasteiger partial charge on any atom is 0.271 e. The van der Waals surface area contributed by atoms with Gasteiger partial charge < -0.3 is 5.11 Å². The summed E-state index contributed by atoms with van der Waals surface area (Å²) in [6, 6.07) is 13.8. The van der Waals surface area contributed by atoms with Crippen molar-refractivity contribution in [2.45, 2.75) is 38.3 Å². The van der Waals surface area contributed by atoms with Crippen molar-refractivity contribution in [3.8, 4) is 0 Å². The van der Waals surface area contributed by atoms with Crippen molar-refractivity contribution in [3.05, 3.63) is 63.6 Å². The summed E-state index contributed by atoms with van der Waals surface area (Å²) in [6.45, 7) is 3.45. The van der Waals surface area contributed by atoms with E-state index in [0.717, 1.165) is 37.1 Å². The average molecular weight is 390 g/mol. The van der Waals surface area contributed by atoms with E-state index in [9.17, 15) is 5.11 Å². The molecule has 2 aliphatic rings. The molecule has 1 N–H and O–H groups in total. The number of benzene rings is 2. The molecule has 1 atom stereocenters. The number of rotatable bonds is 2. The number of halogens is 2. The van der Waals surface area contributed by atoms with Crippen LogP contribution in [0.1, 0.15) is 36.8 Å². The fourth-order valence-corrected chi connectivity index (χ4v) is 4.45. The fourth-order valence-electron chi connectivity index (χ4n) is 4.15. The molecule has 2 heterocycles.